The van der Waals surface area contributed by atoms with Crippen LogP contribution in [0.3, 0.4) is 0 Å². The van der Waals surface area contributed by atoms with Crippen LogP contribution in [-0.4, -0.2) is 17.0 Å². The molecule has 3 rings (SSSR count). The Hall–Kier alpha value is -2.59. The second kappa shape index (κ2) is 6.67. The van der Waals surface area contributed by atoms with Gasteiger partial charge in [0.2, 0.25) is 0 Å². The molecule has 4 nitrogen and oxygen atoms in total. The minimum Gasteiger partial charge on any atom is -0.460 e. The summed E-state index contributed by atoms with van der Waals surface area (Å²) in [5, 5.41) is 1.11. The van der Waals surface area contributed by atoms with Gasteiger partial charge >= 0.3 is 5.97 Å². The molecular formula is C19H20N2O2. The number of esters is 1. The molecule has 118 valence electrons. The molecule has 0 aliphatic rings. The van der Waals surface area contributed by atoms with Gasteiger partial charge < -0.3 is 15.5 Å². The van der Waals surface area contributed by atoms with Gasteiger partial charge in [0.05, 0.1) is 0 Å². The Labute approximate surface area is 135 Å². The molecule has 0 saturated carbocycles. The van der Waals surface area contributed by atoms with Crippen LogP contribution >= 0.6 is 0 Å². The number of H-pyrrole nitrogens is 1. The summed E-state index contributed by atoms with van der Waals surface area (Å²) in [6.45, 7) is 2.30. The Bertz CT molecular complexity index is 809. The Morgan fingerprint density at radius 2 is 2.00 bits per heavy atom. The number of rotatable bonds is 5. The zero-order chi connectivity index (χ0) is 16.2. The van der Waals surface area contributed by atoms with Crippen LogP contribution in [0.15, 0.2) is 54.7 Å². The average molecular weight is 308 g/mol. The minimum absolute atomic E-state index is 0.250. The molecule has 1 aromatic heterocycles. The van der Waals surface area contributed by atoms with Gasteiger partial charge in [0.15, 0.2) is 0 Å². The number of carbonyl (C=O) groups is 1. The van der Waals surface area contributed by atoms with Crippen LogP contribution in [0.4, 0.5) is 0 Å². The van der Waals surface area contributed by atoms with Gasteiger partial charge in [-0.25, -0.2) is 0 Å². The third kappa shape index (κ3) is 3.60. The van der Waals surface area contributed by atoms with Crippen molar-refractivity contribution < 1.29 is 9.53 Å². The third-order valence-electron chi connectivity index (χ3n) is 3.89. The molecule has 0 spiro atoms. The lowest BCUT2D eigenvalue weighted by atomic mass is 10.0. The highest BCUT2D eigenvalue weighted by molar-refractivity contribution is 5.85. The van der Waals surface area contributed by atoms with Crippen molar-refractivity contribution in [3.8, 4) is 0 Å². The van der Waals surface area contributed by atoms with E-state index in [2.05, 4.69) is 17.1 Å². The molecule has 0 unspecified atom stereocenters. The first-order chi connectivity index (χ1) is 11.1. The van der Waals surface area contributed by atoms with Crippen LogP contribution in [0.1, 0.15) is 16.7 Å². The number of hydrogen-bond donors (Lipinski definition) is 2. The van der Waals surface area contributed by atoms with Crippen molar-refractivity contribution in [2.45, 2.75) is 26.0 Å². The summed E-state index contributed by atoms with van der Waals surface area (Å²) in [4.78, 5) is 15.3. The number of fused-ring (bicyclic) bond motifs is 1. The summed E-state index contributed by atoms with van der Waals surface area (Å²) < 4.78 is 5.30. The van der Waals surface area contributed by atoms with Gasteiger partial charge in [-0.05, 0) is 30.2 Å². The first kappa shape index (κ1) is 15.3. The second-order valence-corrected chi connectivity index (χ2v) is 5.77. The number of benzene rings is 2. The fourth-order valence-corrected chi connectivity index (χ4v) is 2.62. The van der Waals surface area contributed by atoms with Crippen molar-refractivity contribution in [2.75, 3.05) is 0 Å². The van der Waals surface area contributed by atoms with Gasteiger partial charge in [0, 0.05) is 23.5 Å². The van der Waals surface area contributed by atoms with E-state index in [1.807, 2.05) is 49.5 Å². The zero-order valence-electron chi connectivity index (χ0n) is 13.1. The van der Waals surface area contributed by atoms with Crippen molar-refractivity contribution in [3.05, 3.63) is 71.4 Å². The number of aromatic amines is 1. The Morgan fingerprint density at radius 1 is 1.22 bits per heavy atom. The van der Waals surface area contributed by atoms with Gasteiger partial charge in [-0.2, -0.15) is 0 Å². The molecule has 3 aromatic rings. The van der Waals surface area contributed by atoms with Crippen LogP contribution in [0.5, 0.6) is 0 Å². The van der Waals surface area contributed by atoms with Gasteiger partial charge in [-0.3, -0.25) is 4.79 Å². The molecule has 23 heavy (non-hydrogen) atoms. The van der Waals surface area contributed by atoms with E-state index in [1.54, 1.807) is 0 Å². The maximum Gasteiger partial charge on any atom is 0.323 e. The van der Waals surface area contributed by atoms with Crippen LogP contribution in [0.2, 0.25) is 0 Å². The zero-order valence-corrected chi connectivity index (χ0v) is 13.1. The van der Waals surface area contributed by atoms with Crippen molar-refractivity contribution in [1.29, 1.82) is 0 Å². The number of nitrogens with one attached hydrogen (secondary N) is 1. The molecule has 1 atom stereocenters. The van der Waals surface area contributed by atoms with Crippen LogP contribution in [0.25, 0.3) is 10.9 Å². The van der Waals surface area contributed by atoms with Gasteiger partial charge in [0.1, 0.15) is 12.6 Å². The Kier molecular flexibility index (Phi) is 4.44. The largest absolute Gasteiger partial charge is 0.460 e. The monoisotopic (exact) mass is 308 g/mol. The number of aryl methyl sites for hydroxylation is 1. The fourth-order valence-electron chi connectivity index (χ4n) is 2.62. The first-order valence-electron chi connectivity index (χ1n) is 7.66. The molecule has 4 heteroatoms. The smallest absolute Gasteiger partial charge is 0.323 e. The molecule has 3 N–H and O–H groups in total. The van der Waals surface area contributed by atoms with Crippen molar-refractivity contribution >= 4 is 16.9 Å². The lowest BCUT2D eigenvalue weighted by Crippen LogP contribution is -2.34. The Morgan fingerprint density at radius 3 is 2.78 bits per heavy atom. The lowest BCUT2D eigenvalue weighted by Gasteiger charge is -2.11. The number of nitrogens with two attached hydrogens (primary N) is 1. The Balaban J connectivity index is 1.64. The predicted octanol–water partition coefficient (Wildman–Crippen LogP) is 3.09. The molecule has 0 amide bonds. The summed E-state index contributed by atoms with van der Waals surface area (Å²) in [6.07, 6.45) is 2.37. The molecule has 0 bridgehead atoms. The molecule has 0 aliphatic heterocycles. The van der Waals surface area contributed by atoms with Crippen molar-refractivity contribution in [2.24, 2.45) is 5.73 Å². The van der Waals surface area contributed by atoms with E-state index >= 15 is 0 Å². The third-order valence-corrected chi connectivity index (χ3v) is 3.89. The summed E-state index contributed by atoms with van der Waals surface area (Å²) in [7, 11) is 0. The van der Waals surface area contributed by atoms with E-state index in [4.69, 9.17) is 10.5 Å². The van der Waals surface area contributed by atoms with E-state index in [9.17, 15) is 4.79 Å². The van der Waals surface area contributed by atoms with Crippen LogP contribution in [0, 0.1) is 6.92 Å². The van der Waals surface area contributed by atoms with E-state index < -0.39 is 6.04 Å². The minimum atomic E-state index is -0.668. The number of carbonyl (C=O) groups excluding carboxylic acids is 1. The SMILES string of the molecule is Cc1ccc2[nH]cc(C[C@@H](N)C(=O)OCc3ccccc3)c2c1. The van der Waals surface area contributed by atoms with Crippen LogP contribution < -0.4 is 5.73 Å². The summed E-state index contributed by atoms with van der Waals surface area (Å²) in [5.41, 5.74) is 10.2. The molecule has 0 aliphatic carbocycles. The number of aromatic nitrogens is 1. The highest BCUT2D eigenvalue weighted by Crippen LogP contribution is 2.21. The normalized spacial score (nSPS) is 12.3. The van der Waals surface area contributed by atoms with Crippen molar-refractivity contribution in [1.82, 2.24) is 4.98 Å². The molecule has 2 aromatic carbocycles. The maximum absolute atomic E-state index is 12.1. The highest BCUT2D eigenvalue weighted by Gasteiger charge is 2.17. The van der Waals surface area contributed by atoms with E-state index in [-0.39, 0.29) is 12.6 Å². The molecule has 1 heterocycles. The summed E-state index contributed by atoms with van der Waals surface area (Å²) >= 11 is 0. The summed E-state index contributed by atoms with van der Waals surface area (Å²) in [5.74, 6) is -0.379. The number of hydrogen-bond acceptors (Lipinski definition) is 3. The maximum atomic E-state index is 12.1. The first-order valence-corrected chi connectivity index (χ1v) is 7.66. The molecule has 0 fully saturated rings. The fraction of sp³-hybridized carbons (Fsp3) is 0.211. The van der Waals surface area contributed by atoms with Gasteiger partial charge in [-0.1, -0.05) is 42.0 Å². The van der Waals surface area contributed by atoms with E-state index in [0.29, 0.717) is 6.42 Å². The predicted molar refractivity (Wildman–Crippen MR) is 91.0 cm³/mol. The second-order valence-electron chi connectivity index (χ2n) is 5.77. The topological polar surface area (TPSA) is 68.1 Å². The summed E-state index contributed by atoms with van der Waals surface area (Å²) in [6, 6.07) is 15.1. The average Bonchev–Trinajstić information content (AvgIpc) is 2.95. The molecule has 0 saturated heterocycles. The quantitative estimate of drug-likeness (QED) is 0.712. The number of ether oxygens (including phenoxy) is 1. The van der Waals surface area contributed by atoms with E-state index in [1.165, 1.54) is 5.56 Å². The van der Waals surface area contributed by atoms with Gasteiger partial charge in [-0.15, -0.1) is 0 Å². The molecule has 0 radical (unpaired) electrons. The van der Waals surface area contributed by atoms with Crippen LogP contribution in [-0.2, 0) is 22.6 Å². The standard InChI is InChI=1S/C19H20N2O2/c1-13-7-8-18-16(9-13)15(11-21-18)10-17(20)19(22)23-12-14-5-3-2-4-6-14/h2-9,11,17,21H,10,12,20H2,1H3/t17-/m1/s1. The van der Waals surface area contributed by atoms with Gasteiger partial charge in [0.25, 0.3) is 0 Å². The highest BCUT2D eigenvalue weighted by atomic mass is 16.5. The van der Waals surface area contributed by atoms with E-state index in [0.717, 1.165) is 22.0 Å². The lowest BCUT2D eigenvalue weighted by molar-refractivity contribution is -0.146. The van der Waals surface area contributed by atoms with Crippen molar-refractivity contribution in [3.63, 3.8) is 0 Å². The molecular weight excluding hydrogens is 288 g/mol.